The second-order valence-corrected chi connectivity index (χ2v) is 4.60. The third-order valence-corrected chi connectivity index (χ3v) is 3.21. The summed E-state index contributed by atoms with van der Waals surface area (Å²) in [4.78, 5) is 13.4. The Kier molecular flexibility index (Phi) is 6.23. The molecule has 0 spiro atoms. The number of nitrogens with zero attached hydrogens (tertiary/aromatic N) is 1. The van der Waals surface area contributed by atoms with Crippen LogP contribution in [0.2, 0.25) is 0 Å². The van der Waals surface area contributed by atoms with E-state index in [2.05, 4.69) is 5.32 Å². The highest BCUT2D eigenvalue weighted by Gasteiger charge is 2.16. The van der Waals surface area contributed by atoms with Gasteiger partial charge in [-0.2, -0.15) is 0 Å². The molecule has 16 heavy (non-hydrogen) atoms. The first-order valence-corrected chi connectivity index (χ1v) is 6.22. The Balaban J connectivity index is 2.08. The molecule has 0 heterocycles. The van der Waals surface area contributed by atoms with E-state index >= 15 is 0 Å². The summed E-state index contributed by atoms with van der Waals surface area (Å²) < 4.78 is 4.95. The van der Waals surface area contributed by atoms with Gasteiger partial charge in [-0.15, -0.1) is 0 Å². The normalized spacial score (nSPS) is 16.4. The van der Waals surface area contributed by atoms with Crippen molar-refractivity contribution in [2.75, 3.05) is 33.9 Å². The maximum absolute atomic E-state index is 11.7. The summed E-state index contributed by atoms with van der Waals surface area (Å²) in [6.45, 7) is 2.30. The number of carbonyl (C=O) groups is 1. The smallest absolute Gasteiger partial charge is 0.317 e. The fourth-order valence-electron chi connectivity index (χ4n) is 2.13. The molecule has 0 aliphatic heterocycles. The average molecular weight is 228 g/mol. The van der Waals surface area contributed by atoms with E-state index in [0.29, 0.717) is 12.5 Å². The van der Waals surface area contributed by atoms with Crippen molar-refractivity contribution in [3.8, 4) is 0 Å². The van der Waals surface area contributed by atoms with Gasteiger partial charge in [0.05, 0.1) is 0 Å². The van der Waals surface area contributed by atoms with Crippen LogP contribution in [-0.2, 0) is 4.74 Å². The number of nitrogens with one attached hydrogen (secondary N) is 1. The monoisotopic (exact) mass is 228 g/mol. The molecule has 0 aromatic carbocycles. The molecule has 1 saturated carbocycles. The number of amides is 2. The van der Waals surface area contributed by atoms with Crippen molar-refractivity contribution in [3.63, 3.8) is 0 Å². The molecule has 2 amide bonds. The molecule has 1 N–H and O–H groups in total. The van der Waals surface area contributed by atoms with Crippen LogP contribution in [0.4, 0.5) is 4.79 Å². The van der Waals surface area contributed by atoms with Gasteiger partial charge in [-0.3, -0.25) is 0 Å². The SMILES string of the molecule is COCCCN(C)C(=O)NCC1CCCC1. The molecule has 1 rings (SSSR count). The van der Waals surface area contributed by atoms with E-state index < -0.39 is 0 Å². The lowest BCUT2D eigenvalue weighted by molar-refractivity contribution is 0.175. The Morgan fingerprint density at radius 2 is 2.12 bits per heavy atom. The van der Waals surface area contributed by atoms with Gasteiger partial charge in [-0.25, -0.2) is 4.79 Å². The molecule has 0 unspecified atom stereocenters. The molecule has 4 heteroatoms. The minimum Gasteiger partial charge on any atom is -0.385 e. The second kappa shape index (κ2) is 7.49. The Morgan fingerprint density at radius 1 is 1.44 bits per heavy atom. The van der Waals surface area contributed by atoms with Crippen molar-refractivity contribution in [1.82, 2.24) is 10.2 Å². The summed E-state index contributed by atoms with van der Waals surface area (Å²) in [5, 5.41) is 3.00. The van der Waals surface area contributed by atoms with Crippen LogP contribution in [0.1, 0.15) is 32.1 Å². The molecule has 0 aromatic heterocycles. The molecule has 0 saturated heterocycles. The number of hydrogen-bond acceptors (Lipinski definition) is 2. The maximum Gasteiger partial charge on any atom is 0.317 e. The Bertz CT molecular complexity index is 203. The van der Waals surface area contributed by atoms with Crippen LogP contribution in [0.25, 0.3) is 0 Å². The van der Waals surface area contributed by atoms with E-state index in [4.69, 9.17) is 4.74 Å². The van der Waals surface area contributed by atoms with Crippen molar-refractivity contribution in [3.05, 3.63) is 0 Å². The zero-order valence-electron chi connectivity index (χ0n) is 10.5. The third-order valence-electron chi connectivity index (χ3n) is 3.21. The van der Waals surface area contributed by atoms with E-state index in [9.17, 15) is 4.79 Å². The van der Waals surface area contributed by atoms with Gasteiger partial charge in [-0.1, -0.05) is 12.8 Å². The lowest BCUT2D eigenvalue weighted by Crippen LogP contribution is -2.39. The molecule has 4 nitrogen and oxygen atoms in total. The van der Waals surface area contributed by atoms with Crippen LogP contribution in [0.5, 0.6) is 0 Å². The van der Waals surface area contributed by atoms with Crippen molar-refractivity contribution >= 4 is 6.03 Å². The van der Waals surface area contributed by atoms with Crippen LogP contribution < -0.4 is 5.32 Å². The minimum atomic E-state index is 0.0444. The van der Waals surface area contributed by atoms with Crippen LogP contribution in [0.15, 0.2) is 0 Å². The van der Waals surface area contributed by atoms with Crippen molar-refractivity contribution in [2.45, 2.75) is 32.1 Å². The molecule has 0 radical (unpaired) electrons. The highest BCUT2D eigenvalue weighted by molar-refractivity contribution is 5.73. The number of ether oxygens (including phenoxy) is 1. The lowest BCUT2D eigenvalue weighted by atomic mass is 10.1. The largest absolute Gasteiger partial charge is 0.385 e. The molecule has 1 fully saturated rings. The number of methoxy groups -OCH3 is 1. The van der Waals surface area contributed by atoms with Crippen molar-refractivity contribution in [2.24, 2.45) is 5.92 Å². The first-order chi connectivity index (χ1) is 7.74. The first-order valence-electron chi connectivity index (χ1n) is 6.22. The fourth-order valence-corrected chi connectivity index (χ4v) is 2.13. The highest BCUT2D eigenvalue weighted by Crippen LogP contribution is 2.23. The van der Waals surface area contributed by atoms with E-state index in [1.54, 1.807) is 12.0 Å². The van der Waals surface area contributed by atoms with Crippen LogP contribution in [0.3, 0.4) is 0 Å². The standard InChI is InChI=1S/C12H24N2O2/c1-14(8-5-9-16-2)12(15)13-10-11-6-3-4-7-11/h11H,3-10H2,1-2H3,(H,13,15). The number of urea groups is 1. The summed E-state index contributed by atoms with van der Waals surface area (Å²) in [5.74, 6) is 0.705. The quantitative estimate of drug-likeness (QED) is 0.705. The second-order valence-electron chi connectivity index (χ2n) is 4.60. The fraction of sp³-hybridized carbons (Fsp3) is 0.917. The lowest BCUT2D eigenvalue weighted by Gasteiger charge is -2.19. The Labute approximate surface area is 98.3 Å². The van der Waals surface area contributed by atoms with Gasteiger partial charge in [-0.05, 0) is 25.2 Å². The van der Waals surface area contributed by atoms with Gasteiger partial charge in [0, 0.05) is 33.9 Å². The van der Waals surface area contributed by atoms with Crippen LogP contribution in [-0.4, -0.2) is 44.8 Å². The highest BCUT2D eigenvalue weighted by atomic mass is 16.5. The zero-order valence-corrected chi connectivity index (χ0v) is 10.5. The molecule has 0 atom stereocenters. The molecule has 1 aliphatic rings. The molecule has 0 aromatic rings. The number of carbonyl (C=O) groups excluding carboxylic acids is 1. The Hall–Kier alpha value is -0.770. The van der Waals surface area contributed by atoms with Gasteiger partial charge in [0.25, 0.3) is 0 Å². The summed E-state index contributed by atoms with van der Waals surface area (Å²) in [6.07, 6.45) is 6.08. The van der Waals surface area contributed by atoms with E-state index in [1.807, 2.05) is 7.05 Å². The zero-order chi connectivity index (χ0) is 11.8. The van der Waals surface area contributed by atoms with E-state index in [1.165, 1.54) is 25.7 Å². The average Bonchev–Trinajstić information content (AvgIpc) is 2.79. The maximum atomic E-state index is 11.7. The van der Waals surface area contributed by atoms with Gasteiger partial charge < -0.3 is 15.0 Å². The summed E-state index contributed by atoms with van der Waals surface area (Å²) in [7, 11) is 3.51. The molecular weight excluding hydrogens is 204 g/mol. The van der Waals surface area contributed by atoms with Gasteiger partial charge in [0.2, 0.25) is 0 Å². The van der Waals surface area contributed by atoms with E-state index in [-0.39, 0.29) is 6.03 Å². The molecule has 0 bridgehead atoms. The van der Waals surface area contributed by atoms with Gasteiger partial charge in [0.15, 0.2) is 0 Å². The van der Waals surface area contributed by atoms with Crippen LogP contribution in [0, 0.1) is 5.92 Å². The van der Waals surface area contributed by atoms with Crippen molar-refractivity contribution < 1.29 is 9.53 Å². The van der Waals surface area contributed by atoms with E-state index in [0.717, 1.165) is 19.5 Å². The first kappa shape index (κ1) is 13.3. The molecular formula is C12H24N2O2. The predicted molar refractivity (Wildman–Crippen MR) is 64.5 cm³/mol. The number of hydrogen-bond donors (Lipinski definition) is 1. The van der Waals surface area contributed by atoms with Gasteiger partial charge >= 0.3 is 6.03 Å². The molecule has 94 valence electrons. The summed E-state index contributed by atoms with van der Waals surface area (Å²) >= 11 is 0. The van der Waals surface area contributed by atoms with Crippen molar-refractivity contribution in [1.29, 1.82) is 0 Å². The number of rotatable bonds is 6. The minimum absolute atomic E-state index is 0.0444. The summed E-state index contributed by atoms with van der Waals surface area (Å²) in [6, 6.07) is 0.0444. The Morgan fingerprint density at radius 3 is 2.75 bits per heavy atom. The predicted octanol–water partition coefficient (Wildman–Crippen LogP) is 1.85. The molecule has 1 aliphatic carbocycles. The van der Waals surface area contributed by atoms with Crippen LogP contribution >= 0.6 is 0 Å². The third kappa shape index (κ3) is 4.84. The van der Waals surface area contributed by atoms with Gasteiger partial charge in [0.1, 0.15) is 0 Å². The topological polar surface area (TPSA) is 41.6 Å². The summed E-state index contributed by atoms with van der Waals surface area (Å²) in [5.41, 5.74) is 0.